The fourth-order valence-corrected chi connectivity index (χ4v) is 2.84. The third kappa shape index (κ3) is 16.7. The zero-order chi connectivity index (χ0) is 15.3. The molecule has 0 saturated heterocycles. The van der Waals surface area contributed by atoms with Crippen LogP contribution in [0.3, 0.4) is 0 Å². The van der Waals surface area contributed by atoms with Gasteiger partial charge in [0, 0.05) is 0 Å². The Kier molecular flexibility index (Phi) is 17.4. The van der Waals surface area contributed by atoms with Gasteiger partial charge in [-0.15, -0.1) is 11.6 Å². The summed E-state index contributed by atoms with van der Waals surface area (Å²) >= 11 is 5.66. The molecule has 0 saturated carbocycles. The Hall–Kier alpha value is 0.500. The number of alkyl halides is 1. The fourth-order valence-electron chi connectivity index (χ4n) is 2.74. The molecule has 0 aliphatic heterocycles. The van der Waals surface area contributed by atoms with E-state index in [2.05, 4.69) is 21.0 Å². The van der Waals surface area contributed by atoms with Crippen LogP contribution in [0.15, 0.2) is 0 Å². The predicted molar refractivity (Wildman–Crippen MR) is 90.4 cm³/mol. The van der Waals surface area contributed by atoms with E-state index in [0.29, 0.717) is 5.88 Å². The number of unbranched alkanes of at least 4 members (excludes halogenated alkanes) is 9. The highest BCUT2D eigenvalue weighted by Gasteiger charge is 2.19. The van der Waals surface area contributed by atoms with E-state index in [1.54, 1.807) is 0 Å². The predicted octanol–water partition coefficient (Wildman–Crippen LogP) is 1.59. The first-order chi connectivity index (χ1) is 9.52. The highest BCUT2D eigenvalue weighted by molar-refractivity contribution is 6.18. The monoisotopic (exact) mass is 341 g/mol. The van der Waals surface area contributed by atoms with Crippen LogP contribution in [0.4, 0.5) is 0 Å². The average Bonchev–Trinajstić information content (AvgIpc) is 2.40. The van der Waals surface area contributed by atoms with E-state index in [1.807, 2.05) is 0 Å². The molecule has 0 rings (SSSR count). The van der Waals surface area contributed by atoms with Gasteiger partial charge in [-0.25, -0.2) is 0 Å². The summed E-state index contributed by atoms with van der Waals surface area (Å²) in [5, 5.41) is 9.61. The molecule has 0 bridgehead atoms. The number of aliphatic hydroxyl groups is 1. The minimum absolute atomic E-state index is 0. The number of aliphatic hydroxyl groups excluding tert-OH is 1. The number of rotatable bonds is 14. The third-order valence-electron chi connectivity index (χ3n) is 4.00. The lowest BCUT2D eigenvalue weighted by Gasteiger charge is -2.31. The lowest BCUT2D eigenvalue weighted by molar-refractivity contribution is -0.893. The topological polar surface area (TPSA) is 20.2 Å². The number of nitrogens with zero attached hydrogens (tertiary/aromatic N) is 1. The Balaban J connectivity index is 0. The number of likely N-dealkylation sites (N-methyl/N-ethyl adjacent to an activating group) is 1. The maximum absolute atomic E-state index is 9.61. The minimum Gasteiger partial charge on any atom is -1.00 e. The number of hydrogen-bond acceptors (Lipinski definition) is 1. The summed E-state index contributed by atoms with van der Waals surface area (Å²) in [6.45, 7) is 4.18. The van der Waals surface area contributed by atoms with Gasteiger partial charge >= 0.3 is 0 Å². The number of quaternary nitrogens is 1. The first-order valence-corrected chi connectivity index (χ1v) is 9.11. The van der Waals surface area contributed by atoms with Gasteiger partial charge in [0.15, 0.2) is 0 Å². The Bertz CT molecular complexity index is 213. The Morgan fingerprint density at radius 3 is 1.71 bits per heavy atom. The summed E-state index contributed by atoms with van der Waals surface area (Å²) < 4.78 is 0.880. The molecule has 0 spiro atoms. The van der Waals surface area contributed by atoms with Gasteiger partial charge in [0.2, 0.25) is 0 Å². The van der Waals surface area contributed by atoms with Crippen molar-refractivity contribution in [1.29, 1.82) is 0 Å². The van der Waals surface area contributed by atoms with Crippen molar-refractivity contribution in [3.63, 3.8) is 0 Å². The second-order valence-electron chi connectivity index (χ2n) is 6.83. The van der Waals surface area contributed by atoms with Crippen molar-refractivity contribution in [1.82, 2.24) is 0 Å². The van der Waals surface area contributed by atoms with Crippen molar-refractivity contribution in [2.24, 2.45) is 0 Å². The van der Waals surface area contributed by atoms with Crippen molar-refractivity contribution < 1.29 is 22.0 Å². The molecule has 0 heterocycles. The van der Waals surface area contributed by atoms with E-state index in [-0.39, 0.29) is 18.5 Å². The normalized spacial score (nSPS) is 13.0. The van der Waals surface area contributed by atoms with Crippen LogP contribution in [0.1, 0.15) is 71.1 Å². The van der Waals surface area contributed by atoms with Gasteiger partial charge in [-0.3, -0.25) is 0 Å². The molecular weight excluding hydrogens is 305 g/mol. The zero-order valence-corrected chi connectivity index (χ0v) is 15.9. The molecule has 1 unspecified atom stereocenters. The molecule has 0 aromatic rings. The minimum atomic E-state index is -0.366. The van der Waals surface area contributed by atoms with Crippen molar-refractivity contribution in [3.05, 3.63) is 0 Å². The smallest absolute Gasteiger partial charge is 0.116 e. The Morgan fingerprint density at radius 1 is 0.857 bits per heavy atom. The first kappa shape index (κ1) is 23.8. The quantitative estimate of drug-likeness (QED) is 0.289. The molecule has 0 aromatic carbocycles. The zero-order valence-electron chi connectivity index (χ0n) is 14.4. The van der Waals surface area contributed by atoms with Crippen molar-refractivity contribution in [2.75, 3.05) is 33.1 Å². The molecule has 1 N–H and O–H groups in total. The highest BCUT2D eigenvalue weighted by atomic mass is 35.5. The van der Waals surface area contributed by atoms with Crippen LogP contribution in [-0.4, -0.2) is 48.8 Å². The van der Waals surface area contributed by atoms with Gasteiger partial charge in [0.25, 0.3) is 0 Å². The van der Waals surface area contributed by atoms with Crippen LogP contribution < -0.4 is 12.4 Å². The van der Waals surface area contributed by atoms with E-state index in [9.17, 15) is 5.11 Å². The highest BCUT2D eigenvalue weighted by Crippen LogP contribution is 2.12. The molecule has 0 radical (unpaired) electrons. The lowest BCUT2D eigenvalue weighted by Crippen LogP contribution is -3.00. The van der Waals surface area contributed by atoms with Crippen LogP contribution in [0, 0.1) is 0 Å². The lowest BCUT2D eigenvalue weighted by atomic mass is 10.1. The second-order valence-corrected chi connectivity index (χ2v) is 7.14. The van der Waals surface area contributed by atoms with E-state index < -0.39 is 0 Å². The van der Waals surface area contributed by atoms with Crippen molar-refractivity contribution >= 4 is 11.6 Å². The van der Waals surface area contributed by atoms with E-state index in [4.69, 9.17) is 11.6 Å². The summed E-state index contributed by atoms with van der Waals surface area (Å²) in [7, 11) is 4.37. The Morgan fingerprint density at radius 2 is 1.29 bits per heavy atom. The molecular formula is C17H37Cl2NO. The maximum Gasteiger partial charge on any atom is 0.116 e. The molecule has 1 atom stereocenters. The van der Waals surface area contributed by atoms with E-state index in [1.165, 1.54) is 64.2 Å². The standard InChI is InChI=1S/C17H37ClNO.ClH/c1-4-5-6-7-8-9-10-11-12-13-14-19(2,3)16-17(20)15-18;/h17,20H,4-16H2,1-3H3;1H/q+1;/p-1. The summed E-state index contributed by atoms with van der Waals surface area (Å²) in [4.78, 5) is 0. The maximum atomic E-state index is 9.61. The van der Waals surface area contributed by atoms with Gasteiger partial charge < -0.3 is 22.0 Å². The van der Waals surface area contributed by atoms with Gasteiger partial charge in [-0.05, 0) is 12.8 Å². The average molecular weight is 342 g/mol. The molecule has 0 amide bonds. The number of hydrogen-bond donors (Lipinski definition) is 1. The summed E-state index contributed by atoms with van der Waals surface area (Å²) in [6, 6.07) is 0. The molecule has 0 aliphatic rings. The summed E-state index contributed by atoms with van der Waals surface area (Å²) in [5.41, 5.74) is 0. The third-order valence-corrected chi connectivity index (χ3v) is 4.36. The first-order valence-electron chi connectivity index (χ1n) is 8.58. The van der Waals surface area contributed by atoms with Gasteiger partial charge in [-0.1, -0.05) is 58.3 Å². The molecule has 21 heavy (non-hydrogen) atoms. The van der Waals surface area contributed by atoms with Crippen LogP contribution in [0.5, 0.6) is 0 Å². The molecule has 2 nitrogen and oxygen atoms in total. The summed E-state index contributed by atoms with van der Waals surface area (Å²) in [5.74, 6) is 0.347. The molecule has 0 aliphatic carbocycles. The fraction of sp³-hybridized carbons (Fsp3) is 1.00. The Labute approximate surface area is 144 Å². The second kappa shape index (κ2) is 15.4. The SMILES string of the molecule is CCCCCCCCCCCC[N+](C)(C)CC(O)CCl.[Cl-]. The van der Waals surface area contributed by atoms with Gasteiger partial charge in [0.05, 0.1) is 26.5 Å². The van der Waals surface area contributed by atoms with E-state index in [0.717, 1.165) is 17.6 Å². The number of halogens is 2. The van der Waals surface area contributed by atoms with Gasteiger partial charge in [-0.2, -0.15) is 0 Å². The molecule has 4 heteroatoms. The van der Waals surface area contributed by atoms with Crippen LogP contribution in [0.2, 0.25) is 0 Å². The van der Waals surface area contributed by atoms with Crippen LogP contribution in [0.25, 0.3) is 0 Å². The molecule has 0 fully saturated rings. The van der Waals surface area contributed by atoms with Crippen LogP contribution >= 0.6 is 11.6 Å². The molecule has 130 valence electrons. The summed E-state index contributed by atoms with van der Waals surface area (Å²) in [6.07, 6.45) is 13.4. The largest absolute Gasteiger partial charge is 1.00 e. The van der Waals surface area contributed by atoms with Crippen molar-refractivity contribution in [2.45, 2.75) is 77.2 Å². The van der Waals surface area contributed by atoms with Crippen LogP contribution in [-0.2, 0) is 0 Å². The van der Waals surface area contributed by atoms with Crippen molar-refractivity contribution in [3.8, 4) is 0 Å². The van der Waals surface area contributed by atoms with Gasteiger partial charge in [0.1, 0.15) is 12.6 Å². The molecule has 0 aromatic heterocycles. The van der Waals surface area contributed by atoms with E-state index >= 15 is 0 Å².